The molecule has 2 aromatic carbocycles. The van der Waals surface area contributed by atoms with Crippen molar-refractivity contribution in [2.24, 2.45) is 0 Å². The fourth-order valence-corrected chi connectivity index (χ4v) is 2.75. The molecule has 1 heterocycles. The first-order valence-corrected chi connectivity index (χ1v) is 7.04. The number of nitrogens with zero attached hydrogens (tertiary/aromatic N) is 1. The number of nitrogens with one attached hydrogen (secondary N) is 1. The lowest BCUT2D eigenvalue weighted by Gasteiger charge is -2.05. The molecule has 21 heavy (non-hydrogen) atoms. The van der Waals surface area contributed by atoms with Gasteiger partial charge in [-0.25, -0.2) is 0 Å². The Bertz CT molecular complexity index is 824. The maximum absolute atomic E-state index is 12.2. The number of hydrogen-bond donors (Lipinski definition) is 1. The third kappa shape index (κ3) is 2.75. The zero-order chi connectivity index (χ0) is 14.8. The minimum absolute atomic E-state index is 0.00677. The van der Waals surface area contributed by atoms with E-state index < -0.39 is 4.92 Å². The predicted molar refractivity (Wildman–Crippen MR) is 82.9 cm³/mol. The van der Waals surface area contributed by atoms with Crippen molar-refractivity contribution in [2.45, 2.75) is 0 Å². The normalized spacial score (nSPS) is 10.5. The van der Waals surface area contributed by atoms with E-state index in [0.717, 1.165) is 10.1 Å². The highest BCUT2D eigenvalue weighted by Gasteiger charge is 2.09. The van der Waals surface area contributed by atoms with Gasteiger partial charge in [-0.2, -0.15) is 0 Å². The SMILES string of the molecule is O=C(Nc1ccc([N+](=O)[O-])cc1)c1ccc2sccc2c1. The summed E-state index contributed by atoms with van der Waals surface area (Å²) in [5.74, 6) is -0.239. The molecule has 0 radical (unpaired) electrons. The average molecular weight is 298 g/mol. The first-order valence-electron chi connectivity index (χ1n) is 6.16. The second-order valence-corrected chi connectivity index (χ2v) is 5.38. The van der Waals surface area contributed by atoms with Gasteiger partial charge in [0.2, 0.25) is 0 Å². The molecule has 0 aliphatic carbocycles. The van der Waals surface area contributed by atoms with E-state index in [1.54, 1.807) is 17.4 Å². The molecule has 5 nitrogen and oxygen atoms in total. The van der Waals surface area contributed by atoms with Crippen molar-refractivity contribution in [1.82, 2.24) is 0 Å². The highest BCUT2D eigenvalue weighted by atomic mass is 32.1. The molecule has 3 rings (SSSR count). The van der Waals surface area contributed by atoms with E-state index in [1.807, 2.05) is 23.6 Å². The Morgan fingerprint density at radius 1 is 1.10 bits per heavy atom. The van der Waals surface area contributed by atoms with Crippen molar-refractivity contribution >= 4 is 38.7 Å². The minimum atomic E-state index is -0.476. The fraction of sp³-hybridized carbons (Fsp3) is 0. The number of non-ortho nitro benzene ring substituents is 1. The number of carbonyl (C=O) groups excluding carboxylic acids is 1. The highest BCUT2D eigenvalue weighted by molar-refractivity contribution is 7.17. The average Bonchev–Trinajstić information content (AvgIpc) is 2.95. The molecule has 1 amide bonds. The molecule has 0 atom stereocenters. The Hall–Kier alpha value is -2.73. The van der Waals surface area contributed by atoms with Crippen LogP contribution in [0.5, 0.6) is 0 Å². The van der Waals surface area contributed by atoms with E-state index in [1.165, 1.54) is 24.3 Å². The van der Waals surface area contributed by atoms with Gasteiger partial charge in [-0.1, -0.05) is 0 Å². The van der Waals surface area contributed by atoms with Crippen molar-refractivity contribution in [2.75, 3.05) is 5.32 Å². The molecule has 0 fully saturated rings. The van der Waals surface area contributed by atoms with E-state index in [0.29, 0.717) is 11.3 Å². The summed E-state index contributed by atoms with van der Waals surface area (Å²) in [5.41, 5.74) is 1.07. The monoisotopic (exact) mass is 298 g/mol. The zero-order valence-electron chi connectivity index (χ0n) is 10.8. The smallest absolute Gasteiger partial charge is 0.269 e. The van der Waals surface area contributed by atoms with E-state index in [2.05, 4.69) is 5.32 Å². The molecule has 0 aliphatic rings. The van der Waals surface area contributed by atoms with Crippen molar-refractivity contribution < 1.29 is 9.72 Å². The lowest BCUT2D eigenvalue weighted by molar-refractivity contribution is -0.384. The van der Waals surface area contributed by atoms with Crippen LogP contribution in [0, 0.1) is 10.1 Å². The van der Waals surface area contributed by atoms with Crippen molar-refractivity contribution in [1.29, 1.82) is 0 Å². The van der Waals surface area contributed by atoms with Crippen LogP contribution in [-0.4, -0.2) is 10.8 Å². The Kier molecular flexibility index (Phi) is 3.37. The number of carbonyl (C=O) groups is 1. The summed E-state index contributed by atoms with van der Waals surface area (Å²) >= 11 is 1.62. The maximum atomic E-state index is 12.2. The summed E-state index contributed by atoms with van der Waals surface area (Å²) in [6.45, 7) is 0. The van der Waals surface area contributed by atoms with E-state index >= 15 is 0 Å². The first-order chi connectivity index (χ1) is 10.1. The van der Waals surface area contributed by atoms with Crippen LogP contribution < -0.4 is 5.32 Å². The molecule has 1 N–H and O–H groups in total. The Labute approximate surface area is 124 Å². The summed E-state index contributed by atoms with van der Waals surface area (Å²) in [6.07, 6.45) is 0. The summed E-state index contributed by atoms with van der Waals surface area (Å²) < 4.78 is 1.13. The molecule has 0 saturated heterocycles. The standard InChI is InChI=1S/C15H10N2O3S/c18-15(11-1-6-14-10(9-11)7-8-21-14)16-12-2-4-13(5-3-12)17(19)20/h1-9H,(H,16,18). The second-order valence-electron chi connectivity index (χ2n) is 4.43. The first kappa shape index (κ1) is 13.3. The second kappa shape index (κ2) is 5.34. The van der Waals surface area contributed by atoms with Crippen LogP contribution in [0.4, 0.5) is 11.4 Å². The Morgan fingerprint density at radius 3 is 2.57 bits per heavy atom. The number of hydrogen-bond acceptors (Lipinski definition) is 4. The van der Waals surface area contributed by atoms with E-state index in [9.17, 15) is 14.9 Å². The summed E-state index contributed by atoms with van der Waals surface area (Å²) in [6, 6.07) is 13.2. The van der Waals surface area contributed by atoms with Gasteiger partial charge in [0, 0.05) is 28.1 Å². The van der Waals surface area contributed by atoms with E-state index in [-0.39, 0.29) is 11.6 Å². The Balaban J connectivity index is 1.80. The van der Waals surface area contributed by atoms with Crippen LogP contribution in [0.25, 0.3) is 10.1 Å². The number of nitro groups is 1. The molecular weight excluding hydrogens is 288 g/mol. The number of benzene rings is 2. The van der Waals surface area contributed by atoms with Crippen molar-refractivity contribution in [3.63, 3.8) is 0 Å². The largest absolute Gasteiger partial charge is 0.322 e. The van der Waals surface area contributed by atoms with Gasteiger partial charge < -0.3 is 5.32 Å². The number of amides is 1. The van der Waals surface area contributed by atoms with Crippen LogP contribution >= 0.6 is 11.3 Å². The van der Waals surface area contributed by atoms with Gasteiger partial charge in [-0.3, -0.25) is 14.9 Å². The van der Waals surface area contributed by atoms with Gasteiger partial charge in [0.15, 0.2) is 0 Å². The molecule has 104 valence electrons. The number of anilines is 1. The molecule has 3 aromatic rings. The van der Waals surface area contributed by atoms with Crippen LogP contribution in [0.2, 0.25) is 0 Å². The van der Waals surface area contributed by atoms with Crippen LogP contribution in [0.15, 0.2) is 53.9 Å². The molecule has 0 aliphatic heterocycles. The molecular formula is C15H10N2O3S. The maximum Gasteiger partial charge on any atom is 0.269 e. The van der Waals surface area contributed by atoms with Gasteiger partial charge in [-0.15, -0.1) is 11.3 Å². The topological polar surface area (TPSA) is 72.2 Å². The number of nitro benzene ring substituents is 1. The zero-order valence-corrected chi connectivity index (χ0v) is 11.6. The summed E-state index contributed by atoms with van der Waals surface area (Å²) in [4.78, 5) is 22.3. The van der Waals surface area contributed by atoms with Gasteiger partial charge in [0.05, 0.1) is 4.92 Å². The van der Waals surface area contributed by atoms with Gasteiger partial charge in [-0.05, 0) is 47.2 Å². The molecule has 1 aromatic heterocycles. The third-order valence-electron chi connectivity index (χ3n) is 3.05. The predicted octanol–water partition coefficient (Wildman–Crippen LogP) is 4.06. The highest BCUT2D eigenvalue weighted by Crippen LogP contribution is 2.22. The number of fused-ring (bicyclic) bond motifs is 1. The number of rotatable bonds is 3. The van der Waals surface area contributed by atoms with Crippen LogP contribution in [0.1, 0.15) is 10.4 Å². The minimum Gasteiger partial charge on any atom is -0.322 e. The van der Waals surface area contributed by atoms with Crippen molar-refractivity contribution in [3.05, 3.63) is 69.6 Å². The van der Waals surface area contributed by atoms with Crippen molar-refractivity contribution in [3.8, 4) is 0 Å². The van der Waals surface area contributed by atoms with E-state index in [4.69, 9.17) is 0 Å². The van der Waals surface area contributed by atoms with Gasteiger partial charge >= 0.3 is 0 Å². The lowest BCUT2D eigenvalue weighted by Crippen LogP contribution is -2.11. The Morgan fingerprint density at radius 2 is 1.86 bits per heavy atom. The molecule has 0 saturated carbocycles. The van der Waals surface area contributed by atoms with Gasteiger partial charge in [0.25, 0.3) is 11.6 Å². The quantitative estimate of drug-likeness (QED) is 0.585. The molecule has 0 unspecified atom stereocenters. The summed E-state index contributed by atoms with van der Waals surface area (Å²) in [7, 11) is 0. The van der Waals surface area contributed by atoms with Gasteiger partial charge in [0.1, 0.15) is 0 Å². The van der Waals surface area contributed by atoms with Crippen LogP contribution in [0.3, 0.4) is 0 Å². The van der Waals surface area contributed by atoms with Crippen LogP contribution in [-0.2, 0) is 0 Å². The molecule has 0 spiro atoms. The summed E-state index contributed by atoms with van der Waals surface area (Å²) in [5, 5.41) is 16.3. The fourth-order valence-electron chi connectivity index (χ4n) is 1.98. The third-order valence-corrected chi connectivity index (χ3v) is 3.95. The number of thiophene rings is 1. The molecule has 0 bridgehead atoms. The lowest BCUT2D eigenvalue weighted by atomic mass is 10.1. The molecule has 6 heteroatoms.